The Labute approximate surface area is 168 Å². The van der Waals surface area contributed by atoms with E-state index in [1.807, 2.05) is 13.0 Å². The van der Waals surface area contributed by atoms with E-state index in [0.717, 1.165) is 11.1 Å². The van der Waals surface area contributed by atoms with Crippen molar-refractivity contribution in [2.45, 2.75) is 25.9 Å². The van der Waals surface area contributed by atoms with E-state index in [0.29, 0.717) is 28.6 Å². The predicted octanol–water partition coefficient (Wildman–Crippen LogP) is 2.71. The van der Waals surface area contributed by atoms with Crippen molar-refractivity contribution in [2.24, 2.45) is 0 Å². The predicted molar refractivity (Wildman–Crippen MR) is 103 cm³/mol. The normalized spacial score (nSPS) is 20.1. The topological polar surface area (TPSA) is 86.3 Å². The largest absolute Gasteiger partial charge is 0.493 e. The third kappa shape index (κ3) is 3.00. The number of carbonyl (C=O) groups is 2. The number of amides is 3. The number of hydrogen-bond donors (Lipinski definition) is 1. The summed E-state index contributed by atoms with van der Waals surface area (Å²) in [6, 6.07) is 8.38. The smallest absolute Gasteiger partial charge is 0.325 e. The van der Waals surface area contributed by atoms with Gasteiger partial charge in [-0.1, -0.05) is 6.07 Å². The van der Waals surface area contributed by atoms with Crippen LogP contribution in [-0.4, -0.2) is 37.9 Å². The van der Waals surface area contributed by atoms with Gasteiger partial charge in [0.25, 0.3) is 5.91 Å². The Morgan fingerprint density at radius 3 is 2.48 bits per heavy atom. The molecule has 0 radical (unpaired) electrons. The van der Waals surface area contributed by atoms with E-state index in [1.165, 1.54) is 4.90 Å². The summed E-state index contributed by atoms with van der Waals surface area (Å²) in [5.74, 6) is 1.97. The highest BCUT2D eigenvalue weighted by atomic mass is 16.7. The van der Waals surface area contributed by atoms with Crippen LogP contribution >= 0.6 is 0 Å². The molecular weight excluding hydrogens is 376 g/mol. The zero-order chi connectivity index (χ0) is 20.8. The van der Waals surface area contributed by atoms with E-state index in [1.54, 1.807) is 45.4 Å². The Morgan fingerprint density at radius 1 is 1.07 bits per heavy atom. The van der Waals surface area contributed by atoms with Gasteiger partial charge >= 0.3 is 6.03 Å². The third-order valence-electron chi connectivity index (χ3n) is 5.40. The van der Waals surface area contributed by atoms with Gasteiger partial charge < -0.3 is 24.3 Å². The number of fused-ring (bicyclic) bond motifs is 1. The van der Waals surface area contributed by atoms with E-state index in [9.17, 15) is 9.59 Å². The molecule has 1 N–H and O–H groups in total. The fourth-order valence-electron chi connectivity index (χ4n) is 3.61. The van der Waals surface area contributed by atoms with E-state index in [4.69, 9.17) is 18.9 Å². The van der Waals surface area contributed by atoms with E-state index >= 15 is 0 Å². The molecule has 0 unspecified atom stereocenters. The maximum atomic E-state index is 13.2. The van der Waals surface area contributed by atoms with Gasteiger partial charge in [-0.3, -0.25) is 9.69 Å². The first-order valence-corrected chi connectivity index (χ1v) is 9.13. The summed E-state index contributed by atoms with van der Waals surface area (Å²) in [5, 5.41) is 2.81. The van der Waals surface area contributed by atoms with Crippen LogP contribution in [0.15, 0.2) is 30.3 Å². The van der Waals surface area contributed by atoms with Gasteiger partial charge in [-0.25, -0.2) is 4.79 Å². The standard InChI is InChI=1S/C21H22N2O6/c1-12-7-16(26-3)17(27-4)8-13(12)10-23-19(24)21(2,22-20(23)25)14-5-6-15-18(9-14)29-11-28-15/h5-9H,10-11H2,1-4H3,(H,22,25)/t21-/m0/s1. The van der Waals surface area contributed by atoms with E-state index in [-0.39, 0.29) is 19.2 Å². The van der Waals surface area contributed by atoms with Gasteiger partial charge in [0.15, 0.2) is 23.0 Å². The molecular formula is C21H22N2O6. The summed E-state index contributed by atoms with van der Waals surface area (Å²) in [4.78, 5) is 27.1. The van der Waals surface area contributed by atoms with Crippen molar-refractivity contribution in [1.29, 1.82) is 0 Å². The van der Waals surface area contributed by atoms with Gasteiger partial charge in [0, 0.05) is 0 Å². The first-order chi connectivity index (χ1) is 13.9. The van der Waals surface area contributed by atoms with Crippen molar-refractivity contribution in [3.8, 4) is 23.0 Å². The maximum absolute atomic E-state index is 13.2. The van der Waals surface area contributed by atoms with Crippen molar-refractivity contribution in [3.05, 3.63) is 47.0 Å². The van der Waals surface area contributed by atoms with Crippen LogP contribution in [0.3, 0.4) is 0 Å². The fraction of sp³-hybridized carbons (Fsp3) is 0.333. The number of urea groups is 1. The summed E-state index contributed by atoms with van der Waals surface area (Å²) in [6.45, 7) is 3.84. The summed E-state index contributed by atoms with van der Waals surface area (Å²) in [5.41, 5.74) is 1.12. The van der Waals surface area contributed by atoms with Gasteiger partial charge in [-0.2, -0.15) is 0 Å². The number of hydrogen-bond acceptors (Lipinski definition) is 6. The number of carbonyl (C=O) groups excluding carboxylic acids is 2. The summed E-state index contributed by atoms with van der Waals surface area (Å²) in [6.07, 6.45) is 0. The van der Waals surface area contributed by atoms with Crippen molar-refractivity contribution >= 4 is 11.9 Å². The second-order valence-corrected chi connectivity index (χ2v) is 7.15. The van der Waals surface area contributed by atoms with Crippen molar-refractivity contribution in [3.63, 3.8) is 0 Å². The number of imide groups is 1. The van der Waals surface area contributed by atoms with Crippen LogP contribution in [0, 0.1) is 6.92 Å². The molecule has 0 bridgehead atoms. The molecule has 2 aliphatic heterocycles. The number of methoxy groups -OCH3 is 2. The van der Waals surface area contributed by atoms with Gasteiger partial charge in [0.1, 0.15) is 5.54 Å². The van der Waals surface area contributed by atoms with Gasteiger partial charge in [-0.05, 0) is 54.8 Å². The molecule has 1 fully saturated rings. The minimum Gasteiger partial charge on any atom is -0.493 e. The minimum absolute atomic E-state index is 0.122. The lowest BCUT2D eigenvalue weighted by molar-refractivity contribution is -0.131. The minimum atomic E-state index is -1.19. The fourth-order valence-corrected chi connectivity index (χ4v) is 3.61. The molecule has 152 valence electrons. The number of ether oxygens (including phenoxy) is 4. The number of nitrogens with one attached hydrogen (secondary N) is 1. The summed E-state index contributed by atoms with van der Waals surface area (Å²) < 4.78 is 21.4. The molecule has 1 saturated heterocycles. The number of benzene rings is 2. The molecule has 2 aromatic rings. The van der Waals surface area contributed by atoms with E-state index < -0.39 is 11.6 Å². The van der Waals surface area contributed by atoms with Crippen LogP contribution < -0.4 is 24.3 Å². The van der Waals surface area contributed by atoms with Crippen molar-refractivity contribution in [2.75, 3.05) is 21.0 Å². The van der Waals surface area contributed by atoms with Crippen LogP contribution in [0.2, 0.25) is 0 Å². The van der Waals surface area contributed by atoms with Crippen molar-refractivity contribution in [1.82, 2.24) is 10.2 Å². The molecule has 1 atom stereocenters. The molecule has 0 aliphatic carbocycles. The first-order valence-electron chi connectivity index (χ1n) is 9.13. The summed E-state index contributed by atoms with van der Waals surface area (Å²) >= 11 is 0. The highest BCUT2D eigenvalue weighted by molar-refractivity contribution is 6.07. The molecule has 4 rings (SSSR count). The highest BCUT2D eigenvalue weighted by Gasteiger charge is 2.49. The Balaban J connectivity index is 1.64. The lowest BCUT2D eigenvalue weighted by Crippen LogP contribution is -2.40. The van der Waals surface area contributed by atoms with Crippen molar-refractivity contribution < 1.29 is 28.5 Å². The quantitative estimate of drug-likeness (QED) is 0.780. The Bertz CT molecular complexity index is 1000. The molecule has 29 heavy (non-hydrogen) atoms. The van der Waals surface area contributed by atoms with Gasteiger partial charge in [0.2, 0.25) is 6.79 Å². The van der Waals surface area contributed by atoms with Crippen LogP contribution in [0.4, 0.5) is 4.79 Å². The molecule has 0 aromatic heterocycles. The second kappa shape index (κ2) is 6.88. The molecule has 2 heterocycles. The lowest BCUT2D eigenvalue weighted by atomic mass is 9.91. The maximum Gasteiger partial charge on any atom is 0.325 e. The van der Waals surface area contributed by atoms with Gasteiger partial charge in [-0.15, -0.1) is 0 Å². The highest BCUT2D eigenvalue weighted by Crippen LogP contribution is 2.38. The van der Waals surface area contributed by atoms with Crippen LogP contribution in [-0.2, 0) is 16.9 Å². The van der Waals surface area contributed by atoms with E-state index in [2.05, 4.69) is 5.32 Å². The Morgan fingerprint density at radius 2 is 1.76 bits per heavy atom. The molecule has 2 aliphatic rings. The molecule has 8 nitrogen and oxygen atoms in total. The molecule has 8 heteroatoms. The third-order valence-corrected chi connectivity index (χ3v) is 5.40. The van der Waals surface area contributed by atoms with Crippen LogP contribution in [0.25, 0.3) is 0 Å². The zero-order valence-electron chi connectivity index (χ0n) is 16.7. The molecule has 0 saturated carbocycles. The number of rotatable bonds is 5. The number of aryl methyl sites for hydroxylation is 1. The van der Waals surface area contributed by atoms with Crippen LogP contribution in [0.5, 0.6) is 23.0 Å². The Hall–Kier alpha value is -3.42. The Kier molecular flexibility index (Phi) is 4.49. The van der Waals surface area contributed by atoms with Gasteiger partial charge in [0.05, 0.1) is 20.8 Å². The van der Waals surface area contributed by atoms with Crippen LogP contribution in [0.1, 0.15) is 23.6 Å². The SMILES string of the molecule is COc1cc(C)c(CN2C(=O)N[C@@](C)(c3ccc4c(c3)OCO4)C2=O)cc1OC. The average molecular weight is 398 g/mol. The first kappa shape index (κ1) is 18.9. The average Bonchev–Trinajstić information content (AvgIpc) is 3.27. The summed E-state index contributed by atoms with van der Waals surface area (Å²) in [7, 11) is 3.10. The molecule has 3 amide bonds. The zero-order valence-corrected chi connectivity index (χ0v) is 16.7. The molecule has 0 spiro atoms. The second-order valence-electron chi connectivity index (χ2n) is 7.15. The number of nitrogens with zero attached hydrogens (tertiary/aromatic N) is 1. The lowest BCUT2D eigenvalue weighted by Gasteiger charge is -2.23. The molecule has 2 aromatic carbocycles. The monoisotopic (exact) mass is 398 g/mol.